The van der Waals surface area contributed by atoms with E-state index in [1.54, 1.807) is 18.2 Å². The van der Waals surface area contributed by atoms with Crippen molar-refractivity contribution in [2.75, 3.05) is 5.32 Å². The molecule has 0 unspecified atom stereocenters. The average Bonchev–Trinajstić information content (AvgIpc) is 3.04. The van der Waals surface area contributed by atoms with Crippen LogP contribution in [-0.4, -0.2) is 11.1 Å². The Morgan fingerprint density at radius 1 is 1.17 bits per heavy atom. The van der Waals surface area contributed by atoms with Gasteiger partial charge in [-0.1, -0.05) is 47.5 Å². The molecule has 1 aliphatic heterocycles. The van der Waals surface area contributed by atoms with Crippen LogP contribution in [0.3, 0.4) is 0 Å². The largest absolute Gasteiger partial charge is 0.478 e. The third kappa shape index (κ3) is 2.48. The zero-order valence-corrected chi connectivity index (χ0v) is 14.2. The van der Waals surface area contributed by atoms with Crippen molar-refractivity contribution in [3.05, 3.63) is 75.3 Å². The van der Waals surface area contributed by atoms with Crippen molar-refractivity contribution in [3.8, 4) is 0 Å². The predicted octanol–water partition coefficient (Wildman–Crippen LogP) is 5.52. The molecule has 2 aliphatic rings. The van der Waals surface area contributed by atoms with Gasteiger partial charge in [0.2, 0.25) is 0 Å². The van der Waals surface area contributed by atoms with E-state index in [1.807, 2.05) is 18.2 Å². The molecule has 0 radical (unpaired) electrons. The van der Waals surface area contributed by atoms with Crippen LogP contribution in [0.4, 0.5) is 5.69 Å². The Kier molecular flexibility index (Phi) is 3.78. The van der Waals surface area contributed by atoms with Crippen LogP contribution in [0.2, 0.25) is 10.0 Å². The minimum Gasteiger partial charge on any atom is -0.478 e. The molecule has 3 atom stereocenters. The van der Waals surface area contributed by atoms with Gasteiger partial charge < -0.3 is 10.4 Å². The predicted molar refractivity (Wildman–Crippen MR) is 96.2 cm³/mol. The highest BCUT2D eigenvalue weighted by Crippen LogP contribution is 2.52. The molecule has 2 aromatic carbocycles. The number of benzene rings is 2. The molecule has 0 aromatic heterocycles. The lowest BCUT2D eigenvalue weighted by molar-refractivity contribution is 0.0697. The second-order valence-corrected chi connectivity index (χ2v) is 7.10. The SMILES string of the molecule is O=C(O)c1ccc([C@H]2Nc3c(Cl)cc(Cl)cc3[C@@H]3C=CC[C@@H]23)cc1. The summed E-state index contributed by atoms with van der Waals surface area (Å²) in [4.78, 5) is 11.1. The van der Waals surface area contributed by atoms with Gasteiger partial charge in [-0.15, -0.1) is 0 Å². The number of carboxylic acids is 1. The van der Waals surface area contributed by atoms with Gasteiger partial charge in [0.25, 0.3) is 0 Å². The number of rotatable bonds is 2. The molecule has 0 spiro atoms. The number of nitrogens with one attached hydrogen (secondary N) is 1. The van der Waals surface area contributed by atoms with Crippen LogP contribution in [-0.2, 0) is 0 Å². The van der Waals surface area contributed by atoms with E-state index in [4.69, 9.17) is 28.3 Å². The van der Waals surface area contributed by atoms with Crippen LogP contribution in [0.5, 0.6) is 0 Å². The van der Waals surface area contributed by atoms with E-state index in [-0.39, 0.29) is 12.0 Å². The Labute approximate surface area is 149 Å². The molecule has 24 heavy (non-hydrogen) atoms. The monoisotopic (exact) mass is 359 g/mol. The molecule has 2 N–H and O–H groups in total. The zero-order valence-electron chi connectivity index (χ0n) is 12.7. The third-order valence-electron chi connectivity index (χ3n) is 4.90. The molecule has 4 rings (SSSR count). The summed E-state index contributed by atoms with van der Waals surface area (Å²) in [7, 11) is 0. The maximum atomic E-state index is 11.1. The number of allylic oxidation sites excluding steroid dienone is 2. The number of hydrogen-bond donors (Lipinski definition) is 2. The van der Waals surface area contributed by atoms with Crippen LogP contribution in [0.25, 0.3) is 0 Å². The molecule has 1 aliphatic carbocycles. The number of halogens is 2. The quantitative estimate of drug-likeness (QED) is 0.694. The average molecular weight is 360 g/mol. The molecule has 5 heteroatoms. The van der Waals surface area contributed by atoms with E-state index >= 15 is 0 Å². The Morgan fingerprint density at radius 3 is 2.62 bits per heavy atom. The molecule has 1 heterocycles. The van der Waals surface area contributed by atoms with E-state index in [0.717, 1.165) is 23.2 Å². The Morgan fingerprint density at radius 2 is 1.92 bits per heavy atom. The molecule has 0 saturated carbocycles. The highest BCUT2D eigenvalue weighted by Gasteiger charge is 2.38. The summed E-state index contributed by atoms with van der Waals surface area (Å²) in [6.07, 6.45) is 5.38. The van der Waals surface area contributed by atoms with E-state index in [0.29, 0.717) is 21.5 Å². The standard InChI is InChI=1S/C19H15Cl2NO2/c20-12-8-15-13-2-1-3-14(13)17(22-18(15)16(21)9-12)10-4-6-11(7-5-10)19(23)24/h1-2,4-9,13-14,17,22H,3H2,(H,23,24)/t13-,14-,17-/m1/s1. The maximum Gasteiger partial charge on any atom is 0.335 e. The van der Waals surface area contributed by atoms with Gasteiger partial charge in [0.05, 0.1) is 22.3 Å². The maximum absolute atomic E-state index is 11.1. The molecule has 0 fully saturated rings. The summed E-state index contributed by atoms with van der Waals surface area (Å²) >= 11 is 12.6. The van der Waals surface area contributed by atoms with E-state index in [9.17, 15) is 4.79 Å². The normalized spacial score (nSPS) is 24.2. The fourth-order valence-corrected chi connectivity index (χ4v) is 4.35. The Balaban J connectivity index is 1.76. The zero-order chi connectivity index (χ0) is 16.8. The third-order valence-corrected chi connectivity index (χ3v) is 5.42. The first-order valence-corrected chi connectivity index (χ1v) is 8.55. The van der Waals surface area contributed by atoms with Gasteiger partial charge in [0.1, 0.15) is 0 Å². The lowest BCUT2D eigenvalue weighted by Crippen LogP contribution is -2.29. The fraction of sp³-hybridized carbons (Fsp3) is 0.211. The Hall–Kier alpha value is -1.97. The molecular formula is C19H15Cl2NO2. The van der Waals surface area contributed by atoms with Gasteiger partial charge in [-0.25, -0.2) is 4.79 Å². The van der Waals surface area contributed by atoms with Crippen molar-refractivity contribution in [2.24, 2.45) is 5.92 Å². The van der Waals surface area contributed by atoms with Gasteiger partial charge in [0.15, 0.2) is 0 Å². The van der Waals surface area contributed by atoms with E-state index in [1.165, 1.54) is 0 Å². The van der Waals surface area contributed by atoms with Gasteiger partial charge in [0, 0.05) is 10.9 Å². The van der Waals surface area contributed by atoms with Crippen molar-refractivity contribution < 1.29 is 9.90 Å². The number of anilines is 1. The number of hydrogen-bond acceptors (Lipinski definition) is 2. The topological polar surface area (TPSA) is 49.3 Å². The number of carbonyl (C=O) groups is 1. The first kappa shape index (κ1) is 15.6. The van der Waals surface area contributed by atoms with Crippen molar-refractivity contribution in [3.63, 3.8) is 0 Å². The van der Waals surface area contributed by atoms with Crippen molar-refractivity contribution in [1.82, 2.24) is 0 Å². The minimum atomic E-state index is -0.915. The van der Waals surface area contributed by atoms with Crippen LogP contribution in [0.1, 0.15) is 39.9 Å². The van der Waals surface area contributed by atoms with Crippen LogP contribution in [0.15, 0.2) is 48.6 Å². The Bertz CT molecular complexity index is 845. The van der Waals surface area contributed by atoms with Gasteiger partial charge in [-0.2, -0.15) is 0 Å². The van der Waals surface area contributed by atoms with Crippen molar-refractivity contribution in [1.29, 1.82) is 0 Å². The van der Waals surface area contributed by atoms with Gasteiger partial charge >= 0.3 is 5.97 Å². The van der Waals surface area contributed by atoms with Crippen molar-refractivity contribution >= 4 is 34.9 Å². The summed E-state index contributed by atoms with van der Waals surface area (Å²) in [5, 5.41) is 13.9. The lowest BCUT2D eigenvalue weighted by Gasteiger charge is -2.38. The van der Waals surface area contributed by atoms with Gasteiger partial charge in [-0.05, 0) is 47.7 Å². The molecule has 0 saturated heterocycles. The molecule has 0 amide bonds. The second-order valence-electron chi connectivity index (χ2n) is 6.25. The number of fused-ring (bicyclic) bond motifs is 3. The van der Waals surface area contributed by atoms with Crippen molar-refractivity contribution in [2.45, 2.75) is 18.4 Å². The molecule has 2 aromatic rings. The summed E-state index contributed by atoms with van der Waals surface area (Å²) in [5.41, 5.74) is 3.40. The summed E-state index contributed by atoms with van der Waals surface area (Å²) < 4.78 is 0. The summed E-state index contributed by atoms with van der Waals surface area (Å²) in [5.74, 6) is -0.286. The summed E-state index contributed by atoms with van der Waals surface area (Å²) in [6, 6.07) is 10.9. The first-order chi connectivity index (χ1) is 11.5. The molecular weight excluding hydrogens is 345 g/mol. The lowest BCUT2D eigenvalue weighted by atomic mass is 9.77. The molecule has 122 valence electrons. The molecule has 3 nitrogen and oxygen atoms in total. The smallest absolute Gasteiger partial charge is 0.335 e. The minimum absolute atomic E-state index is 0.0824. The van der Waals surface area contributed by atoms with Crippen LogP contribution >= 0.6 is 23.2 Å². The van der Waals surface area contributed by atoms with Crippen LogP contribution < -0.4 is 5.32 Å². The number of aromatic carboxylic acids is 1. The second kappa shape index (κ2) is 5.83. The van der Waals surface area contributed by atoms with Crippen LogP contribution in [0, 0.1) is 5.92 Å². The first-order valence-electron chi connectivity index (χ1n) is 7.80. The fourth-order valence-electron chi connectivity index (χ4n) is 3.78. The number of carboxylic acid groups (broad SMARTS) is 1. The summed E-state index contributed by atoms with van der Waals surface area (Å²) in [6.45, 7) is 0. The van der Waals surface area contributed by atoms with E-state index < -0.39 is 5.97 Å². The highest BCUT2D eigenvalue weighted by molar-refractivity contribution is 6.36. The van der Waals surface area contributed by atoms with Gasteiger partial charge in [-0.3, -0.25) is 0 Å². The molecule has 0 bridgehead atoms. The van der Waals surface area contributed by atoms with E-state index in [2.05, 4.69) is 17.5 Å². The highest BCUT2D eigenvalue weighted by atomic mass is 35.5.